The number of carboxylic acid groups (broad SMARTS) is 1. The zero-order valence-electron chi connectivity index (χ0n) is 11.0. The second kappa shape index (κ2) is 4.72. The van der Waals surface area contributed by atoms with Crippen LogP contribution in [0.25, 0.3) is 5.69 Å². The smallest absolute Gasteiger partial charge is 0.374 e. The quantitative estimate of drug-likeness (QED) is 0.905. The van der Waals surface area contributed by atoms with E-state index in [-0.39, 0.29) is 12.4 Å². The van der Waals surface area contributed by atoms with Gasteiger partial charge in [-0.1, -0.05) is 6.07 Å². The zero-order valence-corrected chi connectivity index (χ0v) is 11.0. The maximum Gasteiger partial charge on any atom is 0.374 e. The second-order valence-corrected chi connectivity index (χ2v) is 4.41. The number of nitrogens with zero attached hydrogens (tertiary/aromatic N) is 3. The van der Waals surface area contributed by atoms with E-state index in [2.05, 4.69) is 5.10 Å². The van der Waals surface area contributed by atoms with Gasteiger partial charge in [0.05, 0.1) is 5.69 Å². The van der Waals surface area contributed by atoms with Crippen LogP contribution in [0.2, 0.25) is 0 Å². The highest BCUT2D eigenvalue weighted by Gasteiger charge is 2.18. The molecule has 1 N–H and O–H groups in total. The maximum absolute atomic E-state index is 12.1. The Hall–Kier alpha value is -2.37. The van der Waals surface area contributed by atoms with Crippen molar-refractivity contribution in [2.45, 2.75) is 27.3 Å². The minimum atomic E-state index is -1.21. The predicted octanol–water partition coefficient (Wildman–Crippen LogP) is 1.37. The summed E-state index contributed by atoms with van der Waals surface area (Å²) in [6.07, 6.45) is 0. The molecule has 0 radical (unpaired) electrons. The molecule has 0 aliphatic rings. The monoisotopic (exact) mass is 261 g/mol. The van der Waals surface area contributed by atoms with Crippen LogP contribution in [0.5, 0.6) is 0 Å². The van der Waals surface area contributed by atoms with Gasteiger partial charge in [-0.25, -0.2) is 9.59 Å². The molecular weight excluding hydrogens is 246 g/mol. The first-order valence-electron chi connectivity index (χ1n) is 5.96. The van der Waals surface area contributed by atoms with Crippen LogP contribution in [0.4, 0.5) is 0 Å². The summed E-state index contributed by atoms with van der Waals surface area (Å²) in [6, 6.07) is 5.57. The first-order chi connectivity index (χ1) is 8.93. The molecule has 1 heterocycles. The van der Waals surface area contributed by atoms with Crippen molar-refractivity contribution >= 4 is 5.97 Å². The number of aromatic carboxylic acids is 1. The number of hydrogen-bond acceptors (Lipinski definition) is 3. The SMILES string of the molecule is CCn1c(C(=O)O)nn(-c2cc(C)cc(C)c2)c1=O. The lowest BCUT2D eigenvalue weighted by Gasteiger charge is -2.03. The molecule has 2 aromatic rings. The van der Waals surface area contributed by atoms with E-state index in [0.29, 0.717) is 5.69 Å². The standard InChI is InChI=1S/C13H15N3O3/c1-4-15-11(12(17)18)14-16(13(15)19)10-6-8(2)5-9(3)7-10/h5-7H,4H2,1-3H3,(H,17,18). The van der Waals surface area contributed by atoms with E-state index in [1.807, 2.05) is 19.9 Å². The Bertz CT molecular complexity index is 677. The number of aromatic nitrogens is 3. The van der Waals surface area contributed by atoms with Crippen LogP contribution in [0.3, 0.4) is 0 Å². The van der Waals surface area contributed by atoms with Crippen molar-refractivity contribution in [1.29, 1.82) is 0 Å². The highest BCUT2D eigenvalue weighted by molar-refractivity contribution is 5.83. The summed E-state index contributed by atoms with van der Waals surface area (Å²) in [5.74, 6) is -1.45. The molecule has 100 valence electrons. The van der Waals surface area contributed by atoms with Crippen LogP contribution < -0.4 is 5.69 Å². The van der Waals surface area contributed by atoms with Gasteiger partial charge in [0, 0.05) is 6.54 Å². The normalized spacial score (nSPS) is 10.7. The van der Waals surface area contributed by atoms with Gasteiger partial charge >= 0.3 is 11.7 Å². The number of rotatable bonds is 3. The molecule has 1 aromatic carbocycles. The van der Waals surface area contributed by atoms with Gasteiger partial charge in [-0.05, 0) is 44.0 Å². The topological polar surface area (TPSA) is 77.1 Å². The van der Waals surface area contributed by atoms with Crippen LogP contribution >= 0.6 is 0 Å². The largest absolute Gasteiger partial charge is 0.475 e. The summed E-state index contributed by atoms with van der Waals surface area (Å²) in [4.78, 5) is 23.2. The molecule has 0 amide bonds. The van der Waals surface area contributed by atoms with Crippen molar-refractivity contribution in [2.24, 2.45) is 0 Å². The van der Waals surface area contributed by atoms with E-state index in [9.17, 15) is 9.59 Å². The minimum absolute atomic E-state index is 0.244. The lowest BCUT2D eigenvalue weighted by Crippen LogP contribution is -2.24. The molecule has 0 spiro atoms. The predicted molar refractivity (Wildman–Crippen MR) is 69.9 cm³/mol. The van der Waals surface area contributed by atoms with Gasteiger partial charge < -0.3 is 5.11 Å². The lowest BCUT2D eigenvalue weighted by atomic mass is 10.1. The maximum atomic E-state index is 12.1. The fraction of sp³-hybridized carbons (Fsp3) is 0.308. The van der Waals surface area contributed by atoms with Crippen LogP contribution in [0, 0.1) is 13.8 Å². The van der Waals surface area contributed by atoms with Crippen LogP contribution in [-0.4, -0.2) is 25.4 Å². The minimum Gasteiger partial charge on any atom is -0.475 e. The molecular formula is C13H15N3O3. The average molecular weight is 261 g/mol. The first-order valence-corrected chi connectivity index (χ1v) is 5.96. The van der Waals surface area contributed by atoms with E-state index in [0.717, 1.165) is 20.4 Å². The molecule has 0 unspecified atom stereocenters. The third-order valence-corrected chi connectivity index (χ3v) is 2.82. The van der Waals surface area contributed by atoms with E-state index < -0.39 is 11.7 Å². The lowest BCUT2D eigenvalue weighted by molar-refractivity contribution is 0.0677. The molecule has 0 bridgehead atoms. The Morgan fingerprint density at radius 3 is 2.26 bits per heavy atom. The molecule has 0 saturated heterocycles. The summed E-state index contributed by atoms with van der Waals surface area (Å²) < 4.78 is 2.27. The van der Waals surface area contributed by atoms with Crippen molar-refractivity contribution in [3.63, 3.8) is 0 Å². The summed E-state index contributed by atoms with van der Waals surface area (Å²) in [5.41, 5.74) is 2.12. The molecule has 1 aromatic heterocycles. The summed E-state index contributed by atoms with van der Waals surface area (Å²) in [6.45, 7) is 5.81. The molecule has 0 aliphatic heterocycles. The van der Waals surface area contributed by atoms with Gasteiger partial charge in [0.2, 0.25) is 5.82 Å². The molecule has 0 fully saturated rings. The molecule has 0 aliphatic carbocycles. The summed E-state index contributed by atoms with van der Waals surface area (Å²) in [5, 5.41) is 13.0. The van der Waals surface area contributed by atoms with Crippen LogP contribution in [0.15, 0.2) is 23.0 Å². The molecule has 19 heavy (non-hydrogen) atoms. The number of carbonyl (C=O) groups is 1. The molecule has 2 rings (SSSR count). The van der Waals surface area contributed by atoms with Crippen molar-refractivity contribution in [3.05, 3.63) is 45.6 Å². The highest BCUT2D eigenvalue weighted by Crippen LogP contribution is 2.11. The molecule has 6 heteroatoms. The molecule has 0 atom stereocenters. The Balaban J connectivity index is 2.69. The number of carboxylic acids is 1. The Labute approximate surface area is 109 Å². The van der Waals surface area contributed by atoms with Gasteiger partial charge in [-0.3, -0.25) is 4.57 Å². The Kier molecular flexibility index (Phi) is 3.25. The van der Waals surface area contributed by atoms with E-state index >= 15 is 0 Å². The number of aryl methyl sites for hydroxylation is 2. The van der Waals surface area contributed by atoms with Crippen molar-refractivity contribution in [2.75, 3.05) is 0 Å². The van der Waals surface area contributed by atoms with Gasteiger partial charge in [-0.15, -0.1) is 5.10 Å². The molecule has 0 saturated carbocycles. The van der Waals surface area contributed by atoms with Crippen molar-refractivity contribution < 1.29 is 9.90 Å². The van der Waals surface area contributed by atoms with E-state index in [1.54, 1.807) is 19.1 Å². The summed E-state index contributed by atoms with van der Waals surface area (Å²) >= 11 is 0. The van der Waals surface area contributed by atoms with Gasteiger partial charge in [-0.2, -0.15) is 4.68 Å². The van der Waals surface area contributed by atoms with Crippen molar-refractivity contribution in [1.82, 2.24) is 14.3 Å². The third-order valence-electron chi connectivity index (χ3n) is 2.82. The fourth-order valence-electron chi connectivity index (χ4n) is 2.08. The van der Waals surface area contributed by atoms with Crippen LogP contribution in [-0.2, 0) is 6.54 Å². The first kappa shape index (κ1) is 13.1. The number of benzene rings is 1. The Morgan fingerprint density at radius 1 is 1.26 bits per heavy atom. The zero-order chi connectivity index (χ0) is 14.2. The summed E-state index contributed by atoms with van der Waals surface area (Å²) in [7, 11) is 0. The Morgan fingerprint density at radius 2 is 1.84 bits per heavy atom. The van der Waals surface area contributed by atoms with Crippen LogP contribution in [0.1, 0.15) is 28.7 Å². The average Bonchev–Trinajstić information content (AvgIpc) is 2.65. The van der Waals surface area contributed by atoms with Gasteiger partial charge in [0.15, 0.2) is 0 Å². The van der Waals surface area contributed by atoms with Crippen molar-refractivity contribution in [3.8, 4) is 5.69 Å². The number of hydrogen-bond donors (Lipinski definition) is 1. The van der Waals surface area contributed by atoms with E-state index in [4.69, 9.17) is 5.11 Å². The highest BCUT2D eigenvalue weighted by atomic mass is 16.4. The van der Waals surface area contributed by atoms with E-state index in [1.165, 1.54) is 0 Å². The fourth-order valence-corrected chi connectivity index (χ4v) is 2.08. The van der Waals surface area contributed by atoms with Gasteiger partial charge in [0.25, 0.3) is 0 Å². The third kappa shape index (κ3) is 2.29. The van der Waals surface area contributed by atoms with Gasteiger partial charge in [0.1, 0.15) is 0 Å². The molecule has 6 nitrogen and oxygen atoms in total. The second-order valence-electron chi connectivity index (χ2n) is 4.41.